The van der Waals surface area contributed by atoms with E-state index in [1.165, 1.54) is 12.3 Å². The Morgan fingerprint density at radius 1 is 1.29 bits per heavy atom. The molecule has 0 fully saturated rings. The number of aromatic nitrogens is 1. The van der Waals surface area contributed by atoms with Gasteiger partial charge in [-0.05, 0) is 30.2 Å². The quantitative estimate of drug-likeness (QED) is 0.774. The van der Waals surface area contributed by atoms with Gasteiger partial charge in [0.1, 0.15) is 5.69 Å². The first kappa shape index (κ1) is 11.4. The Morgan fingerprint density at radius 2 is 2.00 bits per heavy atom. The molecule has 1 aromatic heterocycles. The van der Waals surface area contributed by atoms with Crippen LogP contribution in [-0.4, -0.2) is 10.7 Å². The lowest BCUT2D eigenvalue weighted by Crippen LogP contribution is -2.07. The van der Waals surface area contributed by atoms with E-state index in [-0.39, 0.29) is 0 Å². The lowest BCUT2D eigenvalue weighted by atomic mass is 10.1. The monoisotopic (exact) mass is 221 g/mol. The Kier molecular flexibility index (Phi) is 3.80. The maximum Gasteiger partial charge on any atom is 0.433 e. The molecule has 1 nitrogen and oxygen atoms in total. The molecule has 0 bridgehead atoms. The smallest absolute Gasteiger partial charge is 0.252 e. The first-order valence-electron chi connectivity index (χ1n) is 4.17. The molecule has 0 aliphatic heterocycles. The van der Waals surface area contributed by atoms with Crippen LogP contribution >= 0.6 is 12.6 Å². The van der Waals surface area contributed by atoms with Crippen molar-refractivity contribution in [2.45, 2.75) is 19.0 Å². The Labute approximate surface area is 85.8 Å². The molecular weight excluding hydrogens is 211 g/mol. The summed E-state index contributed by atoms with van der Waals surface area (Å²) in [7, 11) is 0. The minimum absolute atomic E-state index is 0.717. The molecule has 0 aromatic carbocycles. The van der Waals surface area contributed by atoms with E-state index in [0.717, 1.165) is 23.8 Å². The Bertz CT molecular complexity index is 281. The minimum Gasteiger partial charge on any atom is -0.252 e. The van der Waals surface area contributed by atoms with Crippen LogP contribution in [0.4, 0.5) is 13.2 Å². The fourth-order valence-corrected chi connectivity index (χ4v) is 1.18. The van der Waals surface area contributed by atoms with Crippen LogP contribution in [0.1, 0.15) is 17.7 Å². The molecule has 0 saturated heterocycles. The van der Waals surface area contributed by atoms with Gasteiger partial charge in [0.2, 0.25) is 0 Å². The highest BCUT2D eigenvalue weighted by Crippen LogP contribution is 2.27. The molecule has 1 aromatic rings. The molecule has 1 rings (SSSR count). The number of hydrogen-bond donors (Lipinski definition) is 1. The highest BCUT2D eigenvalue weighted by atomic mass is 32.1. The van der Waals surface area contributed by atoms with E-state index >= 15 is 0 Å². The molecule has 0 atom stereocenters. The van der Waals surface area contributed by atoms with E-state index in [9.17, 15) is 13.2 Å². The van der Waals surface area contributed by atoms with Crippen LogP contribution in [0.2, 0.25) is 0 Å². The molecule has 78 valence electrons. The van der Waals surface area contributed by atoms with Crippen LogP contribution in [-0.2, 0) is 12.6 Å². The summed E-state index contributed by atoms with van der Waals surface area (Å²) in [6.45, 7) is 0. The fourth-order valence-electron chi connectivity index (χ4n) is 1.02. The minimum atomic E-state index is -4.35. The maximum absolute atomic E-state index is 12.1. The highest BCUT2D eigenvalue weighted by Gasteiger charge is 2.31. The molecule has 0 saturated carbocycles. The van der Waals surface area contributed by atoms with Gasteiger partial charge in [-0.1, -0.05) is 6.07 Å². The van der Waals surface area contributed by atoms with E-state index in [1.807, 2.05) is 0 Å². The van der Waals surface area contributed by atoms with Crippen molar-refractivity contribution in [2.75, 3.05) is 5.75 Å². The second-order valence-electron chi connectivity index (χ2n) is 2.88. The average Bonchev–Trinajstić information content (AvgIpc) is 2.14. The Balaban J connectivity index is 2.69. The van der Waals surface area contributed by atoms with Gasteiger partial charge in [0.05, 0.1) is 0 Å². The zero-order valence-electron chi connectivity index (χ0n) is 7.38. The summed E-state index contributed by atoms with van der Waals surface area (Å²) < 4.78 is 36.3. The van der Waals surface area contributed by atoms with Crippen molar-refractivity contribution in [3.8, 4) is 0 Å². The van der Waals surface area contributed by atoms with Crippen molar-refractivity contribution in [1.82, 2.24) is 4.98 Å². The van der Waals surface area contributed by atoms with Crippen molar-refractivity contribution in [1.29, 1.82) is 0 Å². The highest BCUT2D eigenvalue weighted by molar-refractivity contribution is 7.80. The van der Waals surface area contributed by atoms with Crippen LogP contribution in [0, 0.1) is 0 Å². The number of thiol groups is 1. The molecule has 1 heterocycles. The summed E-state index contributed by atoms with van der Waals surface area (Å²) in [5.74, 6) is 0.723. The molecule has 5 heteroatoms. The topological polar surface area (TPSA) is 12.9 Å². The van der Waals surface area contributed by atoms with Gasteiger partial charge in [-0.3, -0.25) is 4.98 Å². The number of hydrogen-bond acceptors (Lipinski definition) is 2. The summed E-state index contributed by atoms with van der Waals surface area (Å²) in [4.78, 5) is 3.35. The number of halogens is 3. The number of rotatable bonds is 3. The predicted molar refractivity (Wildman–Crippen MR) is 51.4 cm³/mol. The Hall–Kier alpha value is -0.710. The molecule has 0 N–H and O–H groups in total. The van der Waals surface area contributed by atoms with Crippen molar-refractivity contribution in [2.24, 2.45) is 0 Å². The average molecular weight is 221 g/mol. The van der Waals surface area contributed by atoms with Gasteiger partial charge in [-0.15, -0.1) is 0 Å². The second-order valence-corrected chi connectivity index (χ2v) is 3.32. The van der Waals surface area contributed by atoms with E-state index in [1.54, 1.807) is 0 Å². The van der Waals surface area contributed by atoms with Gasteiger partial charge < -0.3 is 0 Å². The number of aryl methyl sites for hydroxylation is 1. The molecule has 14 heavy (non-hydrogen) atoms. The molecule has 0 aliphatic carbocycles. The Morgan fingerprint density at radius 3 is 2.43 bits per heavy atom. The molecule has 0 unspecified atom stereocenters. The van der Waals surface area contributed by atoms with Crippen molar-refractivity contribution in [3.63, 3.8) is 0 Å². The summed E-state index contributed by atoms with van der Waals surface area (Å²) in [6, 6.07) is 2.47. The molecule has 0 spiro atoms. The zero-order valence-corrected chi connectivity index (χ0v) is 8.28. The summed E-state index contributed by atoms with van der Waals surface area (Å²) >= 11 is 4.02. The third-order valence-electron chi connectivity index (χ3n) is 1.74. The van der Waals surface area contributed by atoms with Gasteiger partial charge in [-0.25, -0.2) is 0 Å². The number of pyridine rings is 1. The van der Waals surface area contributed by atoms with Crippen LogP contribution in [0.15, 0.2) is 18.3 Å². The summed E-state index contributed by atoms with van der Waals surface area (Å²) in [5, 5.41) is 0. The van der Waals surface area contributed by atoms with Crippen LogP contribution in [0.3, 0.4) is 0 Å². The zero-order chi connectivity index (χ0) is 10.6. The lowest BCUT2D eigenvalue weighted by Gasteiger charge is -2.05. The SMILES string of the molecule is FC(F)(F)c1ccc(CCCS)cn1. The molecular formula is C9H10F3NS. The molecule has 0 aliphatic rings. The van der Waals surface area contributed by atoms with Crippen LogP contribution in [0.25, 0.3) is 0 Å². The van der Waals surface area contributed by atoms with Crippen LogP contribution < -0.4 is 0 Å². The lowest BCUT2D eigenvalue weighted by molar-refractivity contribution is -0.141. The number of alkyl halides is 3. The van der Waals surface area contributed by atoms with Gasteiger partial charge in [0, 0.05) is 6.20 Å². The summed E-state index contributed by atoms with van der Waals surface area (Å²) in [6.07, 6.45) is -1.51. The van der Waals surface area contributed by atoms with Gasteiger partial charge in [-0.2, -0.15) is 25.8 Å². The van der Waals surface area contributed by atoms with E-state index in [2.05, 4.69) is 17.6 Å². The molecule has 0 amide bonds. The fraction of sp³-hybridized carbons (Fsp3) is 0.444. The van der Waals surface area contributed by atoms with E-state index in [4.69, 9.17) is 0 Å². The van der Waals surface area contributed by atoms with Crippen molar-refractivity contribution >= 4 is 12.6 Å². The first-order chi connectivity index (χ1) is 6.54. The normalized spacial score (nSPS) is 11.7. The maximum atomic E-state index is 12.1. The number of nitrogens with zero attached hydrogens (tertiary/aromatic N) is 1. The third-order valence-corrected chi connectivity index (χ3v) is 2.05. The summed E-state index contributed by atoms with van der Waals surface area (Å²) in [5.41, 5.74) is -0.0285. The van der Waals surface area contributed by atoms with Gasteiger partial charge in [0.15, 0.2) is 0 Å². The van der Waals surface area contributed by atoms with E-state index in [0.29, 0.717) is 6.42 Å². The van der Waals surface area contributed by atoms with Crippen LogP contribution in [0.5, 0.6) is 0 Å². The van der Waals surface area contributed by atoms with Gasteiger partial charge >= 0.3 is 6.18 Å². The largest absolute Gasteiger partial charge is 0.433 e. The standard InChI is InChI=1S/C9H10F3NS/c10-9(11,12)8-4-3-7(6-13-8)2-1-5-14/h3-4,6,14H,1-2,5H2. The third kappa shape index (κ3) is 3.21. The predicted octanol–water partition coefficient (Wildman–Crippen LogP) is 2.96. The van der Waals surface area contributed by atoms with E-state index < -0.39 is 11.9 Å². The molecule has 0 radical (unpaired) electrons. The first-order valence-corrected chi connectivity index (χ1v) is 4.80. The van der Waals surface area contributed by atoms with Crippen molar-refractivity contribution < 1.29 is 13.2 Å². The van der Waals surface area contributed by atoms with Gasteiger partial charge in [0.25, 0.3) is 0 Å². The van der Waals surface area contributed by atoms with Crippen molar-refractivity contribution in [3.05, 3.63) is 29.6 Å². The second kappa shape index (κ2) is 4.68.